The number of carbonyl (C=O) groups is 1. The molecule has 8 heteroatoms. The fourth-order valence-corrected chi connectivity index (χ4v) is 2.92. The van der Waals surface area contributed by atoms with Crippen LogP contribution in [0.4, 0.5) is 18.0 Å². The van der Waals surface area contributed by atoms with E-state index in [1.54, 1.807) is 6.07 Å². The Morgan fingerprint density at radius 1 is 1.46 bits per heavy atom. The molecule has 1 saturated heterocycles. The minimum Gasteiger partial charge on any atom is -0.491 e. The van der Waals surface area contributed by atoms with Gasteiger partial charge < -0.3 is 19.7 Å². The van der Waals surface area contributed by atoms with Gasteiger partial charge in [0, 0.05) is 6.54 Å². The smallest absolute Gasteiger partial charge is 0.317 e. The number of carbonyl (C=O) groups excluding carboxylic acids is 1. The van der Waals surface area contributed by atoms with Gasteiger partial charge in [0.15, 0.2) is 0 Å². The highest BCUT2D eigenvalue weighted by Gasteiger charge is 2.42. The Morgan fingerprint density at radius 2 is 2.25 bits per heavy atom. The van der Waals surface area contributed by atoms with Crippen LogP contribution in [0.2, 0.25) is 0 Å². The van der Waals surface area contributed by atoms with Crippen molar-refractivity contribution in [2.75, 3.05) is 26.3 Å². The van der Waals surface area contributed by atoms with Crippen molar-refractivity contribution in [3.8, 4) is 5.75 Å². The van der Waals surface area contributed by atoms with Crippen molar-refractivity contribution in [3.63, 3.8) is 0 Å². The second-order valence-corrected chi connectivity index (χ2v) is 6.30. The number of fused-ring (bicyclic) bond motifs is 1. The van der Waals surface area contributed by atoms with Crippen LogP contribution >= 0.6 is 0 Å². The van der Waals surface area contributed by atoms with E-state index in [9.17, 15) is 18.0 Å². The zero-order valence-electron chi connectivity index (χ0n) is 13.2. The molecular weight excluding hydrogens is 325 g/mol. The van der Waals surface area contributed by atoms with Crippen LogP contribution in [-0.4, -0.2) is 55.3 Å². The fourth-order valence-electron chi connectivity index (χ4n) is 2.92. The van der Waals surface area contributed by atoms with Gasteiger partial charge in [-0.3, -0.25) is 0 Å². The number of alkyl halides is 2. The molecule has 1 aromatic carbocycles. The summed E-state index contributed by atoms with van der Waals surface area (Å²) in [5.41, 5.74) is -0.986. The normalized spacial score (nSPS) is 26.7. The monoisotopic (exact) mass is 344 g/mol. The molecule has 1 N–H and O–H groups in total. The second-order valence-electron chi connectivity index (χ2n) is 6.30. The number of hydrogen-bond acceptors (Lipinski definition) is 3. The number of halogens is 3. The van der Waals surface area contributed by atoms with Gasteiger partial charge in [-0.25, -0.2) is 18.0 Å². The summed E-state index contributed by atoms with van der Waals surface area (Å²) in [6.07, 6.45) is -2.25. The zero-order valence-corrected chi connectivity index (χ0v) is 13.2. The molecule has 2 atom stereocenters. The van der Waals surface area contributed by atoms with E-state index in [-0.39, 0.29) is 38.2 Å². The van der Waals surface area contributed by atoms with Gasteiger partial charge in [0.25, 0.3) is 6.43 Å². The molecule has 5 nitrogen and oxygen atoms in total. The van der Waals surface area contributed by atoms with Crippen molar-refractivity contribution >= 4 is 6.03 Å². The van der Waals surface area contributed by atoms with Crippen molar-refractivity contribution in [2.45, 2.75) is 31.4 Å². The molecule has 0 bridgehead atoms. The molecule has 0 aliphatic carbocycles. The summed E-state index contributed by atoms with van der Waals surface area (Å²) < 4.78 is 50.1. The lowest BCUT2D eigenvalue weighted by Crippen LogP contribution is -2.59. The van der Waals surface area contributed by atoms with E-state index in [0.29, 0.717) is 17.7 Å². The minimum atomic E-state index is -2.68. The third-order valence-corrected chi connectivity index (χ3v) is 4.30. The first-order valence-corrected chi connectivity index (χ1v) is 7.76. The average Bonchev–Trinajstić information content (AvgIpc) is 2.54. The van der Waals surface area contributed by atoms with Gasteiger partial charge in [0.1, 0.15) is 23.8 Å². The van der Waals surface area contributed by atoms with Crippen LogP contribution in [0.25, 0.3) is 0 Å². The van der Waals surface area contributed by atoms with Crippen molar-refractivity contribution in [3.05, 3.63) is 29.6 Å². The van der Waals surface area contributed by atoms with Crippen LogP contribution in [0.1, 0.15) is 12.5 Å². The summed E-state index contributed by atoms with van der Waals surface area (Å²) in [6.45, 7) is 1.66. The number of benzene rings is 1. The number of ether oxygens (including phenoxy) is 2. The number of amides is 2. The largest absolute Gasteiger partial charge is 0.491 e. The summed E-state index contributed by atoms with van der Waals surface area (Å²) >= 11 is 0. The fraction of sp³-hybridized carbons (Fsp3) is 0.562. The molecular formula is C16H19F3N2O3. The van der Waals surface area contributed by atoms with E-state index >= 15 is 0 Å². The number of nitrogens with one attached hydrogen (secondary N) is 1. The first kappa shape index (κ1) is 16.9. The van der Waals surface area contributed by atoms with E-state index < -0.39 is 18.1 Å². The van der Waals surface area contributed by atoms with E-state index in [0.717, 1.165) is 0 Å². The van der Waals surface area contributed by atoms with Gasteiger partial charge in [0.05, 0.1) is 19.2 Å². The predicted molar refractivity (Wildman–Crippen MR) is 79.9 cm³/mol. The van der Waals surface area contributed by atoms with Crippen molar-refractivity contribution in [1.82, 2.24) is 10.2 Å². The van der Waals surface area contributed by atoms with Crippen LogP contribution in [0.15, 0.2) is 18.2 Å². The minimum absolute atomic E-state index is 0.0590. The Hall–Kier alpha value is -1.96. The van der Waals surface area contributed by atoms with Crippen LogP contribution in [-0.2, 0) is 11.2 Å². The standard InChI is InChI=1S/C16H19F3N2O3/c1-16(14(18)19)9-21(4-5-24-16)15(22)20-12-7-10-6-11(17)2-3-13(10)23-8-12/h2-3,6,12,14H,4-5,7-9H2,1H3,(H,20,22). The van der Waals surface area contributed by atoms with E-state index in [1.165, 1.54) is 24.0 Å². The number of hydrogen-bond donors (Lipinski definition) is 1. The molecule has 132 valence electrons. The Labute approximate surface area is 137 Å². The van der Waals surface area contributed by atoms with Gasteiger partial charge >= 0.3 is 6.03 Å². The quantitative estimate of drug-likeness (QED) is 0.895. The summed E-state index contributed by atoms with van der Waals surface area (Å²) in [5, 5.41) is 2.76. The number of urea groups is 1. The maximum absolute atomic E-state index is 13.3. The number of nitrogens with zero attached hydrogens (tertiary/aromatic N) is 1. The third kappa shape index (κ3) is 3.43. The van der Waals surface area contributed by atoms with Crippen LogP contribution in [0.3, 0.4) is 0 Å². The average molecular weight is 344 g/mol. The lowest BCUT2D eigenvalue weighted by Gasteiger charge is -2.40. The number of rotatable bonds is 2. The maximum atomic E-state index is 13.3. The van der Waals surface area contributed by atoms with Gasteiger partial charge in [-0.05, 0) is 37.1 Å². The molecule has 2 aliphatic rings. The summed E-state index contributed by atoms with van der Waals surface area (Å²) in [7, 11) is 0. The molecule has 2 aliphatic heterocycles. The van der Waals surface area contributed by atoms with Crippen LogP contribution in [0, 0.1) is 5.82 Å². The first-order chi connectivity index (χ1) is 11.4. The Morgan fingerprint density at radius 3 is 3.00 bits per heavy atom. The highest BCUT2D eigenvalue weighted by atomic mass is 19.3. The Kier molecular flexibility index (Phi) is 4.58. The van der Waals surface area contributed by atoms with Crippen molar-refractivity contribution in [2.24, 2.45) is 0 Å². The van der Waals surface area contributed by atoms with Gasteiger partial charge in [-0.15, -0.1) is 0 Å². The van der Waals surface area contributed by atoms with Crippen LogP contribution < -0.4 is 10.1 Å². The third-order valence-electron chi connectivity index (χ3n) is 4.30. The van der Waals surface area contributed by atoms with E-state index in [2.05, 4.69) is 5.32 Å². The predicted octanol–water partition coefficient (Wildman–Crippen LogP) is 2.19. The van der Waals surface area contributed by atoms with Crippen molar-refractivity contribution < 1.29 is 27.4 Å². The Balaban J connectivity index is 1.61. The molecule has 2 amide bonds. The van der Waals surface area contributed by atoms with Gasteiger partial charge in [0.2, 0.25) is 0 Å². The molecule has 1 fully saturated rings. The molecule has 0 saturated carbocycles. The van der Waals surface area contributed by atoms with Gasteiger partial charge in [-0.1, -0.05) is 0 Å². The first-order valence-electron chi connectivity index (χ1n) is 7.76. The SMILES string of the molecule is CC1(C(F)F)CN(C(=O)NC2COc3ccc(F)cc3C2)CCO1. The van der Waals surface area contributed by atoms with Crippen LogP contribution in [0.5, 0.6) is 5.75 Å². The highest BCUT2D eigenvalue weighted by molar-refractivity contribution is 5.75. The summed E-state index contributed by atoms with van der Waals surface area (Å²) in [4.78, 5) is 13.7. The molecule has 0 spiro atoms. The zero-order chi connectivity index (χ0) is 17.3. The molecule has 0 aromatic heterocycles. The highest BCUT2D eigenvalue weighted by Crippen LogP contribution is 2.27. The second kappa shape index (κ2) is 6.51. The summed E-state index contributed by atoms with van der Waals surface area (Å²) in [5.74, 6) is 0.226. The molecule has 2 heterocycles. The Bertz CT molecular complexity index is 629. The van der Waals surface area contributed by atoms with E-state index in [4.69, 9.17) is 9.47 Å². The lowest BCUT2D eigenvalue weighted by molar-refractivity contribution is -0.161. The molecule has 0 radical (unpaired) electrons. The van der Waals surface area contributed by atoms with Crippen molar-refractivity contribution in [1.29, 1.82) is 0 Å². The maximum Gasteiger partial charge on any atom is 0.317 e. The van der Waals surface area contributed by atoms with E-state index in [1.807, 2.05) is 0 Å². The summed E-state index contributed by atoms with van der Waals surface area (Å²) in [6, 6.07) is 3.46. The molecule has 3 rings (SSSR count). The molecule has 2 unspecified atom stereocenters. The lowest BCUT2D eigenvalue weighted by atomic mass is 10.0. The topological polar surface area (TPSA) is 50.8 Å². The molecule has 24 heavy (non-hydrogen) atoms. The van der Waals surface area contributed by atoms with Gasteiger partial charge in [-0.2, -0.15) is 0 Å². The number of morpholine rings is 1. The molecule has 1 aromatic rings.